The lowest BCUT2D eigenvalue weighted by Gasteiger charge is -2.46. The largest absolute Gasteiger partial charge is 0.444 e. The smallest absolute Gasteiger partial charge is 0.410 e. The van der Waals surface area contributed by atoms with Gasteiger partial charge in [0.1, 0.15) is 5.60 Å². The normalized spacial score (nSPS) is 24.1. The lowest BCUT2D eigenvalue weighted by molar-refractivity contribution is -0.110. The molecule has 0 aliphatic carbocycles. The summed E-state index contributed by atoms with van der Waals surface area (Å²) in [6.45, 7) is 19.5. The highest BCUT2D eigenvalue weighted by molar-refractivity contribution is 6.30. The first-order valence-electron chi connectivity index (χ1n) is 20.6. The van der Waals surface area contributed by atoms with Gasteiger partial charge in [0.25, 0.3) is 0 Å². The van der Waals surface area contributed by atoms with Crippen LogP contribution < -0.4 is 5.32 Å². The van der Waals surface area contributed by atoms with E-state index in [1.165, 1.54) is 24.0 Å². The molecule has 4 aliphatic rings. The molecule has 4 fully saturated rings. The summed E-state index contributed by atoms with van der Waals surface area (Å²) < 4.78 is 29.0. The summed E-state index contributed by atoms with van der Waals surface area (Å²) in [6.07, 6.45) is 6.34. The molecule has 324 valence electrons. The summed E-state index contributed by atoms with van der Waals surface area (Å²) in [5.41, 5.74) is 2.13. The van der Waals surface area contributed by atoms with E-state index in [0.29, 0.717) is 50.6 Å². The minimum absolute atomic E-state index is 0. The minimum Gasteiger partial charge on any atom is -0.444 e. The zero-order chi connectivity index (χ0) is 39.2. The summed E-state index contributed by atoms with van der Waals surface area (Å²) in [5, 5.41) is 5.03. The maximum absolute atomic E-state index is 12.4. The molecular weight excluding hydrogens is 787 g/mol. The average molecular weight is 858 g/mol. The molecule has 4 heterocycles. The highest BCUT2D eigenvalue weighted by Gasteiger charge is 2.37. The van der Waals surface area contributed by atoms with E-state index in [1.54, 1.807) is 0 Å². The number of halogens is 3. The molecule has 13 heteroatoms. The highest BCUT2D eigenvalue weighted by atomic mass is 35.5. The van der Waals surface area contributed by atoms with Crippen molar-refractivity contribution < 1.29 is 28.5 Å². The van der Waals surface area contributed by atoms with Crippen molar-refractivity contribution in [2.75, 3.05) is 78.9 Å². The maximum atomic E-state index is 12.4. The SMILES string of the molecule is C.CCOC[C@H]1CN(C2CCN(C(=O)OC(C)(C)C)CC2)[C@@H](Cc2ccc(Cl)cc2)CO1.CCOC[C@H]1CN(C2CCNCC2)[C@@H](Cc2ccc(Cl)cc2)CO1.Cl. The molecule has 4 aliphatic heterocycles. The molecular formula is C44H71Cl3N4O6. The van der Waals surface area contributed by atoms with E-state index >= 15 is 0 Å². The predicted molar refractivity (Wildman–Crippen MR) is 234 cm³/mol. The van der Waals surface area contributed by atoms with Crippen molar-refractivity contribution in [2.45, 2.75) is 123 Å². The Morgan fingerprint density at radius 2 is 1.16 bits per heavy atom. The van der Waals surface area contributed by atoms with Gasteiger partial charge in [-0.05, 0) is 122 Å². The number of piperidine rings is 2. The van der Waals surface area contributed by atoms with Gasteiger partial charge >= 0.3 is 6.09 Å². The van der Waals surface area contributed by atoms with E-state index in [9.17, 15) is 4.79 Å². The van der Waals surface area contributed by atoms with Crippen LogP contribution in [0.2, 0.25) is 10.0 Å². The van der Waals surface area contributed by atoms with Gasteiger partial charge in [-0.25, -0.2) is 4.79 Å². The Hall–Kier alpha value is -1.70. The van der Waals surface area contributed by atoms with Gasteiger partial charge in [-0.15, -0.1) is 12.4 Å². The fourth-order valence-electron chi connectivity index (χ4n) is 8.14. The van der Waals surface area contributed by atoms with Crippen LogP contribution in [-0.2, 0) is 36.5 Å². The Labute approximate surface area is 359 Å². The topological polar surface area (TPSA) is 85.0 Å². The number of carbonyl (C=O) groups excluding carboxylic acids is 1. The monoisotopic (exact) mass is 856 g/mol. The van der Waals surface area contributed by atoms with Crippen LogP contribution in [0.4, 0.5) is 4.79 Å². The summed E-state index contributed by atoms with van der Waals surface area (Å²) in [6, 6.07) is 18.1. The second-order valence-electron chi connectivity index (χ2n) is 16.3. The molecule has 0 saturated carbocycles. The molecule has 2 aromatic rings. The van der Waals surface area contributed by atoms with Crippen LogP contribution in [0, 0.1) is 0 Å². The lowest BCUT2D eigenvalue weighted by atomic mass is 9.96. The zero-order valence-electron chi connectivity index (χ0n) is 34.3. The van der Waals surface area contributed by atoms with Crippen molar-refractivity contribution in [1.82, 2.24) is 20.0 Å². The number of benzene rings is 2. The van der Waals surface area contributed by atoms with Gasteiger partial charge in [-0.3, -0.25) is 9.80 Å². The van der Waals surface area contributed by atoms with Crippen LogP contribution in [-0.4, -0.2) is 142 Å². The second kappa shape index (κ2) is 25.2. The Morgan fingerprint density at radius 1 is 0.737 bits per heavy atom. The van der Waals surface area contributed by atoms with Crippen LogP contribution in [0.1, 0.15) is 78.9 Å². The van der Waals surface area contributed by atoms with Crippen LogP contribution in [0.25, 0.3) is 0 Å². The van der Waals surface area contributed by atoms with E-state index in [0.717, 1.165) is 88.2 Å². The number of nitrogens with zero attached hydrogens (tertiary/aromatic N) is 3. The third-order valence-electron chi connectivity index (χ3n) is 11.0. The quantitative estimate of drug-likeness (QED) is 0.227. The number of amides is 1. The molecule has 4 saturated heterocycles. The van der Waals surface area contributed by atoms with Gasteiger partial charge in [-0.1, -0.05) is 54.9 Å². The van der Waals surface area contributed by atoms with Crippen molar-refractivity contribution >= 4 is 41.7 Å². The third-order valence-corrected chi connectivity index (χ3v) is 11.5. The number of likely N-dealkylation sites (tertiary alicyclic amines) is 1. The van der Waals surface area contributed by atoms with Crippen LogP contribution in [0.15, 0.2) is 48.5 Å². The molecule has 0 bridgehead atoms. The summed E-state index contributed by atoms with van der Waals surface area (Å²) in [7, 11) is 0. The molecule has 0 aromatic heterocycles. The van der Waals surface area contributed by atoms with E-state index in [1.807, 2.05) is 63.8 Å². The number of carbonyl (C=O) groups is 1. The fourth-order valence-corrected chi connectivity index (χ4v) is 8.39. The van der Waals surface area contributed by atoms with Gasteiger partial charge in [0.05, 0.1) is 38.6 Å². The summed E-state index contributed by atoms with van der Waals surface area (Å²) in [5.74, 6) is 0. The molecule has 1 N–H and O–H groups in total. The van der Waals surface area contributed by atoms with Crippen molar-refractivity contribution in [1.29, 1.82) is 0 Å². The summed E-state index contributed by atoms with van der Waals surface area (Å²) >= 11 is 12.1. The fraction of sp³-hybridized carbons (Fsp3) is 0.705. The number of rotatable bonds is 12. The van der Waals surface area contributed by atoms with E-state index < -0.39 is 5.60 Å². The third kappa shape index (κ3) is 16.4. The summed E-state index contributed by atoms with van der Waals surface area (Å²) in [4.78, 5) is 19.6. The number of hydrogen-bond acceptors (Lipinski definition) is 9. The highest BCUT2D eigenvalue weighted by Crippen LogP contribution is 2.27. The predicted octanol–water partition coefficient (Wildman–Crippen LogP) is 8.19. The first-order valence-corrected chi connectivity index (χ1v) is 21.3. The Kier molecular flexibility index (Phi) is 21.9. The van der Waals surface area contributed by atoms with E-state index in [-0.39, 0.29) is 38.1 Å². The van der Waals surface area contributed by atoms with Crippen molar-refractivity contribution in [3.63, 3.8) is 0 Å². The molecule has 10 nitrogen and oxygen atoms in total. The average Bonchev–Trinajstić information content (AvgIpc) is 3.19. The molecule has 6 rings (SSSR count). The molecule has 4 atom stereocenters. The number of hydrogen-bond donors (Lipinski definition) is 1. The first-order chi connectivity index (χ1) is 26.5. The molecule has 57 heavy (non-hydrogen) atoms. The van der Waals surface area contributed by atoms with Gasteiger partial charge in [-0.2, -0.15) is 0 Å². The molecule has 1 amide bonds. The maximum Gasteiger partial charge on any atom is 0.410 e. The number of morpholine rings is 2. The van der Waals surface area contributed by atoms with Crippen LogP contribution in [0.5, 0.6) is 0 Å². The van der Waals surface area contributed by atoms with E-state index in [2.05, 4.69) is 39.4 Å². The molecule has 0 unspecified atom stereocenters. The molecule has 0 radical (unpaired) electrons. The standard InChI is InChI=1S/C24H37ClN2O4.C19H29ClN2O2.CH4.ClH/c1-5-29-17-22-15-27(21(16-30-22)14-18-6-8-19(25)9-7-18)20-10-12-26(13-11-20)23(28)31-24(2,3)4;1-2-23-14-19-12-22(17-7-9-21-10-8-17)18(13-24-19)11-15-3-5-16(20)6-4-15;;/h6-9,20-22H,5,10-17H2,1-4H3;3-6,17-19,21H,2,7-14H2,1H3;1H4;1H/t21-,22+;18-,19+;;/m00../s1. The Morgan fingerprint density at radius 3 is 1.56 bits per heavy atom. The number of ether oxygens (including phenoxy) is 5. The van der Waals surface area contributed by atoms with E-state index in [4.69, 9.17) is 46.9 Å². The van der Waals surface area contributed by atoms with Gasteiger partial charge < -0.3 is 33.9 Å². The first kappa shape index (κ1) is 49.7. The zero-order valence-corrected chi connectivity index (χ0v) is 36.6. The van der Waals surface area contributed by atoms with Crippen molar-refractivity contribution in [3.8, 4) is 0 Å². The Bertz CT molecular complexity index is 1400. The lowest BCUT2D eigenvalue weighted by Crippen LogP contribution is -2.58. The van der Waals surface area contributed by atoms with Gasteiger partial charge in [0, 0.05) is 73.6 Å². The second-order valence-corrected chi connectivity index (χ2v) is 17.1. The molecule has 0 spiro atoms. The molecule has 2 aromatic carbocycles. The van der Waals surface area contributed by atoms with Crippen LogP contribution >= 0.6 is 35.6 Å². The minimum atomic E-state index is -0.464. The Balaban J connectivity index is 0.000000303. The number of nitrogens with one attached hydrogen (secondary N) is 1. The van der Waals surface area contributed by atoms with Gasteiger partial charge in [0.2, 0.25) is 0 Å². The van der Waals surface area contributed by atoms with Crippen molar-refractivity contribution in [3.05, 3.63) is 69.7 Å². The van der Waals surface area contributed by atoms with Crippen LogP contribution in [0.3, 0.4) is 0 Å². The van der Waals surface area contributed by atoms with Crippen molar-refractivity contribution in [2.24, 2.45) is 0 Å². The van der Waals surface area contributed by atoms with Gasteiger partial charge in [0.15, 0.2) is 0 Å².